The Balaban J connectivity index is 1.38. The SMILES string of the molecule is O=C(COc1ccc(CN2CCO[C@H](CO)[C@H]2c2ccccc2)cc1)N1CCCC1. The minimum absolute atomic E-state index is 0.00607. The predicted molar refractivity (Wildman–Crippen MR) is 114 cm³/mol. The molecule has 0 saturated carbocycles. The number of morpholine rings is 1. The van der Waals surface area contributed by atoms with Crippen LogP contribution in [0, 0.1) is 0 Å². The van der Waals surface area contributed by atoms with Crippen LogP contribution in [0.4, 0.5) is 0 Å². The van der Waals surface area contributed by atoms with E-state index in [1.54, 1.807) is 0 Å². The number of aliphatic hydroxyl groups is 1. The smallest absolute Gasteiger partial charge is 0.260 e. The summed E-state index contributed by atoms with van der Waals surface area (Å²) in [7, 11) is 0. The van der Waals surface area contributed by atoms with E-state index in [2.05, 4.69) is 17.0 Å². The number of carbonyl (C=O) groups is 1. The van der Waals surface area contributed by atoms with Crippen molar-refractivity contribution in [3.63, 3.8) is 0 Å². The van der Waals surface area contributed by atoms with Crippen molar-refractivity contribution < 1.29 is 19.4 Å². The average Bonchev–Trinajstić information content (AvgIpc) is 3.34. The lowest BCUT2D eigenvalue weighted by Crippen LogP contribution is -2.46. The number of rotatable bonds is 7. The maximum absolute atomic E-state index is 12.1. The number of amides is 1. The van der Waals surface area contributed by atoms with Crippen molar-refractivity contribution in [2.75, 3.05) is 39.5 Å². The number of hydrogen-bond acceptors (Lipinski definition) is 5. The molecule has 160 valence electrons. The summed E-state index contributed by atoms with van der Waals surface area (Å²) in [6.07, 6.45) is 1.94. The lowest BCUT2D eigenvalue weighted by atomic mass is 9.97. The quantitative estimate of drug-likeness (QED) is 0.760. The van der Waals surface area contributed by atoms with Crippen molar-refractivity contribution in [2.45, 2.75) is 31.5 Å². The van der Waals surface area contributed by atoms with Crippen LogP contribution in [0.5, 0.6) is 5.75 Å². The minimum Gasteiger partial charge on any atom is -0.484 e. The highest BCUT2D eigenvalue weighted by Gasteiger charge is 2.33. The van der Waals surface area contributed by atoms with Crippen LogP contribution in [0.2, 0.25) is 0 Å². The number of likely N-dealkylation sites (tertiary alicyclic amines) is 1. The van der Waals surface area contributed by atoms with Gasteiger partial charge in [-0.15, -0.1) is 0 Å². The molecule has 0 radical (unpaired) electrons. The van der Waals surface area contributed by atoms with E-state index >= 15 is 0 Å². The molecule has 2 aromatic carbocycles. The summed E-state index contributed by atoms with van der Waals surface area (Å²) < 4.78 is 11.5. The summed E-state index contributed by atoms with van der Waals surface area (Å²) in [5.74, 6) is 0.770. The van der Waals surface area contributed by atoms with Crippen molar-refractivity contribution in [1.82, 2.24) is 9.80 Å². The second-order valence-electron chi connectivity index (χ2n) is 7.94. The van der Waals surface area contributed by atoms with E-state index in [9.17, 15) is 9.90 Å². The molecule has 0 unspecified atom stereocenters. The van der Waals surface area contributed by atoms with E-state index in [0.717, 1.165) is 50.1 Å². The summed E-state index contributed by atoms with van der Waals surface area (Å²) >= 11 is 0. The van der Waals surface area contributed by atoms with Gasteiger partial charge in [0.15, 0.2) is 6.61 Å². The molecule has 0 aliphatic carbocycles. The van der Waals surface area contributed by atoms with E-state index < -0.39 is 0 Å². The molecule has 2 saturated heterocycles. The minimum atomic E-state index is -0.236. The number of carbonyl (C=O) groups excluding carboxylic acids is 1. The molecule has 2 atom stereocenters. The average molecular weight is 411 g/mol. The Kier molecular flexibility index (Phi) is 7.00. The molecule has 2 aromatic rings. The van der Waals surface area contributed by atoms with Gasteiger partial charge in [0.05, 0.1) is 19.3 Å². The summed E-state index contributed by atoms with van der Waals surface area (Å²) in [5, 5.41) is 9.83. The molecule has 2 fully saturated rings. The van der Waals surface area contributed by atoms with Gasteiger partial charge in [-0.05, 0) is 36.1 Å². The molecular weight excluding hydrogens is 380 g/mol. The van der Waals surface area contributed by atoms with Gasteiger partial charge in [0.25, 0.3) is 5.91 Å². The normalized spacial score (nSPS) is 22.2. The Morgan fingerprint density at radius 3 is 2.47 bits per heavy atom. The van der Waals surface area contributed by atoms with Gasteiger partial charge in [0.1, 0.15) is 11.9 Å². The van der Waals surface area contributed by atoms with Crippen molar-refractivity contribution in [1.29, 1.82) is 0 Å². The zero-order chi connectivity index (χ0) is 20.8. The first-order valence-corrected chi connectivity index (χ1v) is 10.8. The van der Waals surface area contributed by atoms with Gasteiger partial charge in [-0.25, -0.2) is 0 Å². The second kappa shape index (κ2) is 10.1. The van der Waals surface area contributed by atoms with Gasteiger partial charge in [-0.1, -0.05) is 42.5 Å². The highest BCUT2D eigenvalue weighted by Crippen LogP contribution is 2.31. The molecule has 0 spiro atoms. The Labute approximate surface area is 178 Å². The Hall–Kier alpha value is -2.41. The van der Waals surface area contributed by atoms with Gasteiger partial charge in [0, 0.05) is 26.2 Å². The van der Waals surface area contributed by atoms with Crippen molar-refractivity contribution in [2.24, 2.45) is 0 Å². The first-order valence-electron chi connectivity index (χ1n) is 10.8. The first kappa shape index (κ1) is 20.8. The van der Waals surface area contributed by atoms with Crippen molar-refractivity contribution in [3.05, 3.63) is 65.7 Å². The third-order valence-electron chi connectivity index (χ3n) is 5.91. The number of benzene rings is 2. The van der Waals surface area contributed by atoms with Crippen molar-refractivity contribution >= 4 is 5.91 Å². The zero-order valence-corrected chi connectivity index (χ0v) is 17.3. The standard InChI is InChI=1S/C24H30N2O4/c27-17-22-24(20-6-2-1-3-7-20)26(14-15-29-22)16-19-8-10-21(11-9-19)30-18-23(28)25-12-4-5-13-25/h1-3,6-11,22,24,27H,4-5,12-18H2/t22-,24-/m1/s1. The Morgan fingerprint density at radius 2 is 1.77 bits per heavy atom. The van der Waals surface area contributed by atoms with Crippen LogP contribution >= 0.6 is 0 Å². The van der Waals surface area contributed by atoms with E-state index in [0.29, 0.717) is 12.4 Å². The molecular formula is C24H30N2O4. The molecule has 1 N–H and O–H groups in total. The van der Waals surface area contributed by atoms with E-state index in [1.807, 2.05) is 47.4 Å². The lowest BCUT2D eigenvalue weighted by Gasteiger charge is -2.41. The topological polar surface area (TPSA) is 62.2 Å². The number of ether oxygens (including phenoxy) is 2. The molecule has 2 aliphatic rings. The first-order chi connectivity index (χ1) is 14.7. The Morgan fingerprint density at radius 1 is 1.03 bits per heavy atom. The predicted octanol–water partition coefficient (Wildman–Crippen LogP) is 2.62. The maximum atomic E-state index is 12.1. The molecule has 4 rings (SSSR count). The van der Waals surface area contributed by atoms with Crippen LogP contribution in [0.15, 0.2) is 54.6 Å². The van der Waals surface area contributed by atoms with Gasteiger partial charge in [-0.3, -0.25) is 9.69 Å². The zero-order valence-electron chi connectivity index (χ0n) is 17.3. The van der Waals surface area contributed by atoms with Gasteiger partial charge in [-0.2, -0.15) is 0 Å². The van der Waals surface area contributed by atoms with Gasteiger partial charge in [0.2, 0.25) is 0 Å². The summed E-state index contributed by atoms with van der Waals surface area (Å²) in [4.78, 5) is 16.4. The molecule has 30 heavy (non-hydrogen) atoms. The molecule has 2 heterocycles. The summed E-state index contributed by atoms with van der Waals surface area (Å²) in [6, 6.07) is 18.2. The van der Waals surface area contributed by atoms with Gasteiger partial charge >= 0.3 is 0 Å². The van der Waals surface area contributed by atoms with Crippen LogP contribution in [0.25, 0.3) is 0 Å². The van der Waals surface area contributed by atoms with Crippen molar-refractivity contribution in [3.8, 4) is 5.75 Å². The summed E-state index contributed by atoms with van der Waals surface area (Å²) in [6.45, 7) is 3.95. The number of hydrogen-bond donors (Lipinski definition) is 1. The maximum Gasteiger partial charge on any atom is 0.260 e. The fourth-order valence-corrected chi connectivity index (χ4v) is 4.32. The molecule has 6 nitrogen and oxygen atoms in total. The van der Waals surface area contributed by atoms with Crippen LogP contribution in [0.1, 0.15) is 30.0 Å². The fraction of sp³-hybridized carbons (Fsp3) is 0.458. The third kappa shape index (κ3) is 5.01. The monoisotopic (exact) mass is 410 g/mol. The third-order valence-corrected chi connectivity index (χ3v) is 5.91. The Bertz CT molecular complexity index is 806. The van der Waals surface area contributed by atoms with E-state index in [1.165, 1.54) is 0 Å². The molecule has 6 heteroatoms. The van der Waals surface area contributed by atoms with Crippen LogP contribution < -0.4 is 4.74 Å². The molecule has 0 bridgehead atoms. The summed E-state index contributed by atoms with van der Waals surface area (Å²) in [5.41, 5.74) is 2.31. The van der Waals surface area contributed by atoms with E-state index in [-0.39, 0.29) is 31.3 Å². The van der Waals surface area contributed by atoms with Crippen LogP contribution in [-0.2, 0) is 16.1 Å². The molecule has 2 aliphatic heterocycles. The second-order valence-corrected chi connectivity index (χ2v) is 7.94. The van der Waals surface area contributed by atoms with Crippen LogP contribution in [-0.4, -0.2) is 66.4 Å². The largest absolute Gasteiger partial charge is 0.484 e. The van der Waals surface area contributed by atoms with Crippen LogP contribution in [0.3, 0.4) is 0 Å². The number of nitrogens with zero attached hydrogens (tertiary/aromatic N) is 2. The van der Waals surface area contributed by atoms with E-state index in [4.69, 9.17) is 9.47 Å². The number of aliphatic hydroxyl groups excluding tert-OH is 1. The van der Waals surface area contributed by atoms with Gasteiger partial charge < -0.3 is 19.5 Å². The highest BCUT2D eigenvalue weighted by molar-refractivity contribution is 5.78. The lowest BCUT2D eigenvalue weighted by molar-refractivity contribution is -0.132. The molecule has 1 amide bonds. The fourth-order valence-electron chi connectivity index (χ4n) is 4.32. The molecule has 0 aromatic heterocycles. The highest BCUT2D eigenvalue weighted by atomic mass is 16.5.